The zero-order valence-electron chi connectivity index (χ0n) is 10.1. The monoisotopic (exact) mass is 244 g/mol. The first-order valence-electron chi connectivity index (χ1n) is 5.34. The number of hydrogen-bond acceptors (Lipinski definition) is 5. The smallest absolute Gasteiger partial charge is 0.337 e. The van der Waals surface area contributed by atoms with Gasteiger partial charge in [0.15, 0.2) is 0 Å². The lowest BCUT2D eigenvalue weighted by molar-refractivity contribution is 0.0600. The van der Waals surface area contributed by atoms with Crippen molar-refractivity contribution >= 4 is 5.97 Å². The molecule has 0 bridgehead atoms. The highest BCUT2D eigenvalue weighted by atomic mass is 16.5. The van der Waals surface area contributed by atoms with Crippen LogP contribution in [0, 0.1) is 6.92 Å². The fraction of sp³-hybridized carbons (Fsp3) is 0.154. The number of benzene rings is 1. The number of nitrogens with zero attached hydrogens (tertiary/aromatic N) is 2. The molecule has 0 fully saturated rings. The summed E-state index contributed by atoms with van der Waals surface area (Å²) in [5, 5.41) is 0. The van der Waals surface area contributed by atoms with Gasteiger partial charge in [-0.15, -0.1) is 0 Å². The van der Waals surface area contributed by atoms with E-state index in [9.17, 15) is 4.79 Å². The molecule has 0 aliphatic rings. The van der Waals surface area contributed by atoms with Crippen molar-refractivity contribution in [2.45, 2.75) is 6.92 Å². The minimum Gasteiger partial charge on any atom is -0.465 e. The molecule has 1 aromatic carbocycles. The van der Waals surface area contributed by atoms with Gasteiger partial charge in [0.2, 0.25) is 0 Å². The zero-order valence-corrected chi connectivity index (χ0v) is 10.1. The quantitative estimate of drug-likeness (QED) is 0.775. The molecule has 2 rings (SSSR count). The molecule has 2 aromatic rings. The van der Waals surface area contributed by atoms with E-state index in [2.05, 4.69) is 14.7 Å². The molecule has 0 amide bonds. The van der Waals surface area contributed by atoms with Crippen molar-refractivity contribution in [2.24, 2.45) is 0 Å². The SMILES string of the molecule is COC(=O)c1ccc(C)c(Oc2ncccn2)c1. The molecule has 0 atom stereocenters. The summed E-state index contributed by atoms with van der Waals surface area (Å²) in [6.45, 7) is 1.87. The van der Waals surface area contributed by atoms with Crippen LogP contribution in [0.2, 0.25) is 0 Å². The number of ether oxygens (including phenoxy) is 2. The summed E-state index contributed by atoms with van der Waals surface area (Å²) in [4.78, 5) is 19.3. The molecule has 5 nitrogen and oxygen atoms in total. The zero-order chi connectivity index (χ0) is 13.0. The molecule has 5 heteroatoms. The molecule has 0 radical (unpaired) electrons. The molecule has 0 spiro atoms. The van der Waals surface area contributed by atoms with Crippen LogP contribution in [-0.2, 0) is 4.74 Å². The number of aromatic nitrogens is 2. The minimum atomic E-state index is -0.408. The van der Waals surface area contributed by atoms with Gasteiger partial charge >= 0.3 is 12.0 Å². The molecule has 0 saturated carbocycles. The summed E-state index contributed by atoms with van der Waals surface area (Å²) in [5.41, 5.74) is 1.31. The van der Waals surface area contributed by atoms with Crippen molar-refractivity contribution < 1.29 is 14.3 Å². The van der Waals surface area contributed by atoms with E-state index in [0.717, 1.165) is 5.56 Å². The first kappa shape index (κ1) is 12.0. The Bertz CT molecular complexity index is 555. The van der Waals surface area contributed by atoms with Crippen LogP contribution >= 0.6 is 0 Å². The van der Waals surface area contributed by atoms with E-state index in [1.807, 2.05) is 6.92 Å². The number of aryl methyl sites for hydroxylation is 1. The lowest BCUT2D eigenvalue weighted by atomic mass is 10.1. The number of carbonyl (C=O) groups excluding carboxylic acids is 1. The molecule has 0 unspecified atom stereocenters. The van der Waals surface area contributed by atoms with Crippen LogP contribution in [0.15, 0.2) is 36.7 Å². The second-order valence-corrected chi connectivity index (χ2v) is 3.61. The summed E-state index contributed by atoms with van der Waals surface area (Å²) in [6.07, 6.45) is 3.17. The van der Waals surface area contributed by atoms with Gasteiger partial charge in [-0.3, -0.25) is 0 Å². The highest BCUT2D eigenvalue weighted by Crippen LogP contribution is 2.23. The van der Waals surface area contributed by atoms with E-state index in [-0.39, 0.29) is 6.01 Å². The molecule has 0 saturated heterocycles. The Hall–Kier alpha value is -2.43. The van der Waals surface area contributed by atoms with Gasteiger partial charge in [0.05, 0.1) is 12.7 Å². The topological polar surface area (TPSA) is 61.3 Å². The normalized spacial score (nSPS) is 9.89. The average molecular weight is 244 g/mol. The largest absolute Gasteiger partial charge is 0.465 e. The third-order valence-corrected chi connectivity index (χ3v) is 2.35. The van der Waals surface area contributed by atoms with Crippen LogP contribution in [-0.4, -0.2) is 23.0 Å². The van der Waals surface area contributed by atoms with Gasteiger partial charge in [0, 0.05) is 12.4 Å². The van der Waals surface area contributed by atoms with Crippen LogP contribution in [0.25, 0.3) is 0 Å². The second-order valence-electron chi connectivity index (χ2n) is 3.61. The Morgan fingerprint density at radius 3 is 2.61 bits per heavy atom. The molecule has 0 aliphatic heterocycles. The van der Waals surface area contributed by atoms with E-state index in [1.54, 1.807) is 36.7 Å². The maximum absolute atomic E-state index is 11.4. The maximum atomic E-state index is 11.4. The highest BCUT2D eigenvalue weighted by Gasteiger charge is 2.10. The van der Waals surface area contributed by atoms with Crippen LogP contribution < -0.4 is 4.74 Å². The maximum Gasteiger partial charge on any atom is 0.337 e. The molecule has 0 N–H and O–H groups in total. The van der Waals surface area contributed by atoms with Crippen molar-refractivity contribution in [1.82, 2.24) is 9.97 Å². The number of hydrogen-bond donors (Lipinski definition) is 0. The van der Waals surface area contributed by atoms with E-state index in [4.69, 9.17) is 4.74 Å². The van der Waals surface area contributed by atoms with Crippen molar-refractivity contribution in [2.75, 3.05) is 7.11 Å². The van der Waals surface area contributed by atoms with E-state index in [1.165, 1.54) is 7.11 Å². The lowest BCUT2D eigenvalue weighted by Gasteiger charge is -2.08. The lowest BCUT2D eigenvalue weighted by Crippen LogP contribution is -2.02. The Balaban J connectivity index is 2.30. The van der Waals surface area contributed by atoms with Gasteiger partial charge in [-0.05, 0) is 30.7 Å². The van der Waals surface area contributed by atoms with Gasteiger partial charge in [0.25, 0.3) is 0 Å². The molecule has 92 valence electrons. The predicted octanol–water partition coefficient (Wildman–Crippen LogP) is 2.36. The Morgan fingerprint density at radius 2 is 1.94 bits per heavy atom. The summed E-state index contributed by atoms with van der Waals surface area (Å²) in [6, 6.07) is 7.01. The van der Waals surface area contributed by atoms with E-state index < -0.39 is 5.97 Å². The van der Waals surface area contributed by atoms with Gasteiger partial charge in [0.1, 0.15) is 5.75 Å². The Morgan fingerprint density at radius 1 is 1.22 bits per heavy atom. The predicted molar refractivity (Wildman–Crippen MR) is 64.6 cm³/mol. The standard InChI is InChI=1S/C13H12N2O3/c1-9-4-5-10(12(16)17-2)8-11(9)18-13-14-6-3-7-15-13/h3-8H,1-2H3. The summed E-state index contributed by atoms with van der Waals surface area (Å²) in [7, 11) is 1.34. The highest BCUT2D eigenvalue weighted by molar-refractivity contribution is 5.89. The number of esters is 1. The van der Waals surface area contributed by atoms with Gasteiger partial charge in [-0.2, -0.15) is 0 Å². The average Bonchev–Trinajstić information content (AvgIpc) is 2.41. The number of rotatable bonds is 3. The first-order valence-corrected chi connectivity index (χ1v) is 5.34. The third-order valence-electron chi connectivity index (χ3n) is 2.35. The molecule has 1 aromatic heterocycles. The molecule has 0 aliphatic carbocycles. The van der Waals surface area contributed by atoms with Crippen molar-refractivity contribution in [1.29, 1.82) is 0 Å². The number of methoxy groups -OCH3 is 1. The van der Waals surface area contributed by atoms with Crippen LogP contribution in [0.5, 0.6) is 11.8 Å². The second kappa shape index (κ2) is 5.27. The molecule has 1 heterocycles. The third kappa shape index (κ3) is 2.63. The summed E-state index contributed by atoms with van der Waals surface area (Å²) < 4.78 is 10.2. The van der Waals surface area contributed by atoms with Crippen LogP contribution in [0.4, 0.5) is 0 Å². The Labute approximate surface area is 104 Å². The minimum absolute atomic E-state index is 0.239. The van der Waals surface area contributed by atoms with Crippen molar-refractivity contribution in [3.8, 4) is 11.8 Å². The van der Waals surface area contributed by atoms with Crippen LogP contribution in [0.1, 0.15) is 15.9 Å². The Kier molecular flexibility index (Phi) is 3.52. The summed E-state index contributed by atoms with van der Waals surface area (Å²) >= 11 is 0. The van der Waals surface area contributed by atoms with Gasteiger partial charge in [-0.1, -0.05) is 6.07 Å². The van der Waals surface area contributed by atoms with Crippen molar-refractivity contribution in [3.05, 3.63) is 47.8 Å². The molecular formula is C13H12N2O3. The molecule has 18 heavy (non-hydrogen) atoms. The first-order chi connectivity index (χ1) is 8.70. The summed E-state index contributed by atoms with van der Waals surface area (Å²) in [5.74, 6) is 0.123. The van der Waals surface area contributed by atoms with Gasteiger partial charge < -0.3 is 9.47 Å². The van der Waals surface area contributed by atoms with E-state index >= 15 is 0 Å². The number of carbonyl (C=O) groups is 1. The van der Waals surface area contributed by atoms with Gasteiger partial charge in [-0.25, -0.2) is 14.8 Å². The fourth-order valence-electron chi connectivity index (χ4n) is 1.39. The fourth-order valence-corrected chi connectivity index (χ4v) is 1.39. The molecular weight excluding hydrogens is 232 g/mol. The van der Waals surface area contributed by atoms with Crippen LogP contribution in [0.3, 0.4) is 0 Å². The van der Waals surface area contributed by atoms with Crippen molar-refractivity contribution in [3.63, 3.8) is 0 Å². The van der Waals surface area contributed by atoms with E-state index in [0.29, 0.717) is 11.3 Å².